The largest absolute Gasteiger partial charge is 0.366 e. The molecule has 6 heteroatoms. The monoisotopic (exact) mass is 350 g/mol. The third-order valence-corrected chi connectivity index (χ3v) is 4.15. The summed E-state index contributed by atoms with van der Waals surface area (Å²) in [5, 5.41) is 0. The first-order chi connectivity index (χ1) is 12.5. The Hall–Kier alpha value is -3.15. The Morgan fingerprint density at radius 2 is 1.85 bits per heavy atom. The van der Waals surface area contributed by atoms with Crippen molar-refractivity contribution in [3.63, 3.8) is 0 Å². The third kappa shape index (κ3) is 4.47. The zero-order chi connectivity index (χ0) is 18.5. The van der Waals surface area contributed by atoms with Crippen molar-refractivity contribution in [3.05, 3.63) is 89.0 Å². The number of nitrogens with zero attached hydrogens (tertiary/aromatic N) is 3. The van der Waals surface area contributed by atoms with E-state index in [1.54, 1.807) is 42.9 Å². The van der Waals surface area contributed by atoms with Gasteiger partial charge in [0.25, 0.3) is 0 Å². The van der Waals surface area contributed by atoms with Crippen LogP contribution < -0.4 is 5.73 Å². The Morgan fingerprint density at radius 1 is 1.12 bits per heavy atom. The Balaban J connectivity index is 1.85. The van der Waals surface area contributed by atoms with Gasteiger partial charge in [0, 0.05) is 42.0 Å². The summed E-state index contributed by atoms with van der Waals surface area (Å²) in [6.07, 6.45) is 5.96. The first kappa shape index (κ1) is 17.7. The Kier molecular flexibility index (Phi) is 5.31. The number of aromatic nitrogens is 3. The predicted octanol–water partition coefficient (Wildman–Crippen LogP) is 3.05. The summed E-state index contributed by atoms with van der Waals surface area (Å²) in [7, 11) is 0. The zero-order valence-corrected chi connectivity index (χ0v) is 14.4. The van der Waals surface area contributed by atoms with Crippen LogP contribution in [0.25, 0.3) is 0 Å². The van der Waals surface area contributed by atoms with Crippen LogP contribution in [0.15, 0.2) is 55.0 Å². The SMILES string of the molecule is C[C@H](Cc1cc(C(N)=O)cc(Cc2cnccn2)n1)c1ccc(F)cc1. The van der Waals surface area contributed by atoms with E-state index in [0.717, 1.165) is 17.0 Å². The number of benzene rings is 1. The van der Waals surface area contributed by atoms with Crippen LogP contribution in [0.5, 0.6) is 0 Å². The molecule has 0 aliphatic carbocycles. The van der Waals surface area contributed by atoms with Crippen molar-refractivity contribution in [2.45, 2.75) is 25.7 Å². The molecule has 1 aromatic carbocycles. The summed E-state index contributed by atoms with van der Waals surface area (Å²) in [6, 6.07) is 9.81. The van der Waals surface area contributed by atoms with Gasteiger partial charge in [-0.2, -0.15) is 0 Å². The Bertz CT molecular complexity index is 897. The molecule has 3 aromatic rings. The minimum absolute atomic E-state index is 0.121. The summed E-state index contributed by atoms with van der Waals surface area (Å²) >= 11 is 0. The fourth-order valence-corrected chi connectivity index (χ4v) is 2.82. The molecule has 0 bridgehead atoms. The minimum Gasteiger partial charge on any atom is -0.366 e. The van der Waals surface area contributed by atoms with Crippen LogP contribution in [0.3, 0.4) is 0 Å². The summed E-state index contributed by atoms with van der Waals surface area (Å²) in [6.45, 7) is 2.04. The number of amides is 1. The van der Waals surface area contributed by atoms with Gasteiger partial charge >= 0.3 is 0 Å². The molecule has 2 heterocycles. The van der Waals surface area contributed by atoms with E-state index in [4.69, 9.17) is 5.73 Å². The molecule has 3 rings (SSSR count). The molecule has 2 N–H and O–H groups in total. The van der Waals surface area contributed by atoms with E-state index in [-0.39, 0.29) is 11.7 Å². The number of carbonyl (C=O) groups is 1. The number of rotatable bonds is 6. The number of hydrogen-bond acceptors (Lipinski definition) is 4. The van der Waals surface area contributed by atoms with Crippen LogP contribution in [0.1, 0.15) is 45.8 Å². The van der Waals surface area contributed by atoms with Gasteiger partial charge in [-0.25, -0.2) is 4.39 Å². The first-order valence-electron chi connectivity index (χ1n) is 8.31. The van der Waals surface area contributed by atoms with Crippen molar-refractivity contribution >= 4 is 5.91 Å². The highest BCUT2D eigenvalue weighted by Crippen LogP contribution is 2.21. The maximum Gasteiger partial charge on any atom is 0.248 e. The molecule has 0 fully saturated rings. The fraction of sp³-hybridized carbons (Fsp3) is 0.200. The molecule has 26 heavy (non-hydrogen) atoms. The molecule has 1 amide bonds. The van der Waals surface area contributed by atoms with E-state index in [9.17, 15) is 9.18 Å². The van der Waals surface area contributed by atoms with Gasteiger partial charge in [0.05, 0.1) is 5.69 Å². The molecule has 0 aliphatic rings. The van der Waals surface area contributed by atoms with Gasteiger partial charge in [0.15, 0.2) is 0 Å². The predicted molar refractivity (Wildman–Crippen MR) is 96.1 cm³/mol. The van der Waals surface area contributed by atoms with E-state index < -0.39 is 5.91 Å². The van der Waals surface area contributed by atoms with E-state index in [1.165, 1.54) is 12.1 Å². The molecule has 0 radical (unpaired) electrons. The molecule has 0 saturated heterocycles. The molecule has 132 valence electrons. The van der Waals surface area contributed by atoms with E-state index >= 15 is 0 Å². The number of carbonyl (C=O) groups excluding carboxylic acids is 1. The normalized spacial score (nSPS) is 11.9. The molecular weight excluding hydrogens is 331 g/mol. The van der Waals surface area contributed by atoms with Crippen LogP contribution in [0.2, 0.25) is 0 Å². The fourth-order valence-electron chi connectivity index (χ4n) is 2.82. The van der Waals surface area contributed by atoms with Gasteiger partial charge in [-0.1, -0.05) is 19.1 Å². The molecule has 5 nitrogen and oxygen atoms in total. The Labute approximate surface area is 151 Å². The summed E-state index contributed by atoms with van der Waals surface area (Å²) in [4.78, 5) is 24.6. The van der Waals surface area contributed by atoms with Crippen molar-refractivity contribution in [2.24, 2.45) is 5.73 Å². The van der Waals surface area contributed by atoms with Crippen molar-refractivity contribution in [1.29, 1.82) is 0 Å². The van der Waals surface area contributed by atoms with Crippen LogP contribution in [-0.4, -0.2) is 20.9 Å². The average Bonchev–Trinajstić information content (AvgIpc) is 2.63. The second-order valence-corrected chi connectivity index (χ2v) is 6.23. The lowest BCUT2D eigenvalue weighted by molar-refractivity contribution is 0.1000. The standard InChI is InChI=1S/C20H19FN4O/c1-13(14-2-4-16(21)5-3-14)8-17-9-15(20(22)26)10-18(25-17)11-19-12-23-6-7-24-19/h2-7,9-10,12-13H,8,11H2,1H3,(H2,22,26)/t13-/m1/s1. The number of halogens is 1. The number of hydrogen-bond donors (Lipinski definition) is 1. The number of pyridine rings is 1. The molecule has 2 aromatic heterocycles. The van der Waals surface area contributed by atoms with Crippen molar-refractivity contribution < 1.29 is 9.18 Å². The highest BCUT2D eigenvalue weighted by atomic mass is 19.1. The van der Waals surface area contributed by atoms with Crippen LogP contribution in [0.4, 0.5) is 4.39 Å². The first-order valence-corrected chi connectivity index (χ1v) is 8.31. The van der Waals surface area contributed by atoms with Gasteiger partial charge in [0.1, 0.15) is 5.82 Å². The van der Waals surface area contributed by atoms with Crippen molar-refractivity contribution in [3.8, 4) is 0 Å². The lowest BCUT2D eigenvalue weighted by atomic mass is 9.95. The number of nitrogens with two attached hydrogens (primary N) is 1. The minimum atomic E-state index is -0.497. The summed E-state index contributed by atoms with van der Waals surface area (Å²) in [5.74, 6) is -0.639. The molecule has 0 saturated carbocycles. The highest BCUT2D eigenvalue weighted by molar-refractivity contribution is 5.92. The van der Waals surface area contributed by atoms with Gasteiger partial charge in [0.2, 0.25) is 5.91 Å². The van der Waals surface area contributed by atoms with Crippen LogP contribution >= 0.6 is 0 Å². The second kappa shape index (κ2) is 7.82. The Morgan fingerprint density at radius 3 is 2.50 bits per heavy atom. The second-order valence-electron chi connectivity index (χ2n) is 6.23. The summed E-state index contributed by atoms with van der Waals surface area (Å²) in [5.41, 5.74) is 9.13. The summed E-state index contributed by atoms with van der Waals surface area (Å²) < 4.78 is 13.1. The van der Waals surface area contributed by atoms with E-state index in [1.807, 2.05) is 6.92 Å². The topological polar surface area (TPSA) is 81.8 Å². The van der Waals surface area contributed by atoms with Crippen LogP contribution in [0, 0.1) is 5.82 Å². The smallest absolute Gasteiger partial charge is 0.248 e. The number of primary amides is 1. The maximum absolute atomic E-state index is 13.1. The zero-order valence-electron chi connectivity index (χ0n) is 14.4. The van der Waals surface area contributed by atoms with Gasteiger partial charge < -0.3 is 5.73 Å². The molecule has 0 aliphatic heterocycles. The third-order valence-electron chi connectivity index (χ3n) is 4.15. The highest BCUT2D eigenvalue weighted by Gasteiger charge is 2.12. The van der Waals surface area contributed by atoms with Gasteiger partial charge in [-0.15, -0.1) is 0 Å². The van der Waals surface area contributed by atoms with Crippen molar-refractivity contribution in [2.75, 3.05) is 0 Å². The van der Waals surface area contributed by atoms with Crippen LogP contribution in [-0.2, 0) is 12.8 Å². The van der Waals surface area contributed by atoms with E-state index in [0.29, 0.717) is 24.1 Å². The van der Waals surface area contributed by atoms with E-state index in [2.05, 4.69) is 15.0 Å². The maximum atomic E-state index is 13.1. The lowest BCUT2D eigenvalue weighted by Gasteiger charge is -2.13. The quantitative estimate of drug-likeness (QED) is 0.741. The molecule has 0 spiro atoms. The lowest BCUT2D eigenvalue weighted by Crippen LogP contribution is -2.14. The van der Waals surface area contributed by atoms with Gasteiger partial charge in [-0.3, -0.25) is 19.7 Å². The van der Waals surface area contributed by atoms with Gasteiger partial charge in [-0.05, 0) is 42.2 Å². The average molecular weight is 350 g/mol. The molecule has 0 unspecified atom stereocenters. The van der Waals surface area contributed by atoms with Crippen molar-refractivity contribution in [1.82, 2.24) is 15.0 Å². The molecule has 1 atom stereocenters. The molecular formula is C20H19FN4O.